The highest BCUT2D eigenvalue weighted by Gasteiger charge is 2.25. The molecule has 3 aromatic rings. The van der Waals surface area contributed by atoms with Crippen molar-refractivity contribution >= 4 is 11.6 Å². The normalized spacial score (nSPS) is 14.4. The Kier molecular flexibility index (Phi) is 4.67. The van der Waals surface area contributed by atoms with Crippen LogP contribution in [0.2, 0.25) is 0 Å². The van der Waals surface area contributed by atoms with E-state index in [-0.39, 0.29) is 5.91 Å². The van der Waals surface area contributed by atoms with Gasteiger partial charge in [-0.1, -0.05) is 30.3 Å². The van der Waals surface area contributed by atoms with Crippen LogP contribution in [0.4, 0.5) is 5.69 Å². The third-order valence-corrected chi connectivity index (χ3v) is 5.17. The van der Waals surface area contributed by atoms with Crippen LogP contribution in [0.3, 0.4) is 0 Å². The predicted octanol–water partition coefficient (Wildman–Crippen LogP) is 3.45. The van der Waals surface area contributed by atoms with E-state index < -0.39 is 0 Å². The molecule has 2 aromatic carbocycles. The molecule has 138 valence electrons. The van der Waals surface area contributed by atoms with Crippen LogP contribution in [0.5, 0.6) is 0 Å². The van der Waals surface area contributed by atoms with Gasteiger partial charge in [-0.25, -0.2) is 4.68 Å². The summed E-state index contributed by atoms with van der Waals surface area (Å²) in [5.41, 5.74) is 4.95. The number of aryl methyl sites for hydroxylation is 1. The third kappa shape index (κ3) is 3.45. The van der Waals surface area contributed by atoms with E-state index in [1.54, 1.807) is 6.20 Å². The number of amides is 1. The minimum atomic E-state index is 0.0686. The average Bonchev–Trinajstić information content (AvgIpc) is 3.09. The summed E-state index contributed by atoms with van der Waals surface area (Å²) in [6.07, 6.45) is 1.70. The van der Waals surface area contributed by atoms with Gasteiger partial charge in [-0.05, 0) is 43.7 Å². The van der Waals surface area contributed by atoms with E-state index in [1.807, 2.05) is 34.7 Å². The van der Waals surface area contributed by atoms with E-state index in [0.29, 0.717) is 5.56 Å². The molecule has 1 aromatic heterocycles. The fraction of sp³-hybridized carbons (Fsp3) is 0.273. The first-order valence-electron chi connectivity index (χ1n) is 9.34. The van der Waals surface area contributed by atoms with Crippen LogP contribution in [-0.4, -0.2) is 46.8 Å². The number of piperazine rings is 1. The summed E-state index contributed by atoms with van der Waals surface area (Å²) in [6, 6.07) is 18.5. The van der Waals surface area contributed by atoms with Gasteiger partial charge in [-0.3, -0.25) is 4.79 Å². The van der Waals surface area contributed by atoms with Gasteiger partial charge in [0.05, 0.1) is 23.1 Å². The first-order chi connectivity index (χ1) is 13.1. The van der Waals surface area contributed by atoms with Crippen LogP contribution < -0.4 is 4.90 Å². The maximum absolute atomic E-state index is 13.0. The van der Waals surface area contributed by atoms with Crippen LogP contribution in [0, 0.1) is 13.8 Å². The summed E-state index contributed by atoms with van der Waals surface area (Å²) >= 11 is 0. The number of carbonyl (C=O) groups excluding carboxylic acids is 1. The molecule has 0 bridgehead atoms. The van der Waals surface area contributed by atoms with Gasteiger partial charge in [0.15, 0.2) is 0 Å². The predicted molar refractivity (Wildman–Crippen MR) is 108 cm³/mol. The molecule has 0 aliphatic carbocycles. The van der Waals surface area contributed by atoms with E-state index in [1.165, 1.54) is 11.3 Å². The van der Waals surface area contributed by atoms with Crippen molar-refractivity contribution in [2.45, 2.75) is 13.8 Å². The van der Waals surface area contributed by atoms with Gasteiger partial charge >= 0.3 is 0 Å². The highest BCUT2D eigenvalue weighted by Crippen LogP contribution is 2.20. The van der Waals surface area contributed by atoms with Crippen molar-refractivity contribution in [2.75, 3.05) is 31.1 Å². The molecule has 1 aliphatic heterocycles. The molecule has 0 spiro atoms. The molecular formula is C22H24N4O. The van der Waals surface area contributed by atoms with Crippen LogP contribution in [0.15, 0.2) is 60.8 Å². The fourth-order valence-corrected chi connectivity index (χ4v) is 3.62. The molecule has 5 heteroatoms. The summed E-state index contributed by atoms with van der Waals surface area (Å²) in [5, 5.41) is 4.46. The number of nitrogens with zero attached hydrogens (tertiary/aromatic N) is 4. The Labute approximate surface area is 159 Å². The van der Waals surface area contributed by atoms with Gasteiger partial charge in [0.1, 0.15) is 0 Å². The number of aromatic nitrogens is 2. The standard InChI is InChI=1S/C22H24N4O/c1-17-7-6-10-20(15-17)26-18(2)21(16-23-26)22(27)25-13-11-24(12-14-25)19-8-4-3-5-9-19/h3-10,15-16H,11-14H2,1-2H3. The highest BCUT2D eigenvalue weighted by molar-refractivity contribution is 5.95. The molecule has 1 fully saturated rings. The molecule has 1 saturated heterocycles. The quantitative estimate of drug-likeness (QED) is 0.718. The van der Waals surface area contributed by atoms with E-state index >= 15 is 0 Å². The summed E-state index contributed by atoms with van der Waals surface area (Å²) in [4.78, 5) is 17.3. The summed E-state index contributed by atoms with van der Waals surface area (Å²) in [5.74, 6) is 0.0686. The van der Waals surface area contributed by atoms with Crippen LogP contribution >= 0.6 is 0 Å². The first-order valence-corrected chi connectivity index (χ1v) is 9.34. The molecular weight excluding hydrogens is 336 g/mol. The third-order valence-electron chi connectivity index (χ3n) is 5.17. The molecule has 0 N–H and O–H groups in total. The smallest absolute Gasteiger partial charge is 0.257 e. The van der Waals surface area contributed by atoms with Crippen LogP contribution in [0.25, 0.3) is 5.69 Å². The Hall–Kier alpha value is -3.08. The second-order valence-electron chi connectivity index (χ2n) is 7.01. The maximum atomic E-state index is 13.0. The van der Waals surface area contributed by atoms with E-state index in [2.05, 4.69) is 53.3 Å². The number of hydrogen-bond acceptors (Lipinski definition) is 3. The SMILES string of the molecule is Cc1cccc(-n2ncc(C(=O)N3CCN(c4ccccc4)CC3)c2C)c1. The van der Waals surface area contributed by atoms with Crippen molar-refractivity contribution in [3.63, 3.8) is 0 Å². The van der Waals surface area contributed by atoms with Gasteiger partial charge in [-0.15, -0.1) is 0 Å². The number of carbonyl (C=O) groups is 1. The molecule has 1 aliphatic rings. The zero-order chi connectivity index (χ0) is 18.8. The largest absolute Gasteiger partial charge is 0.368 e. The lowest BCUT2D eigenvalue weighted by atomic mass is 10.2. The lowest BCUT2D eigenvalue weighted by molar-refractivity contribution is 0.0746. The number of rotatable bonds is 3. The van der Waals surface area contributed by atoms with E-state index in [4.69, 9.17) is 0 Å². The summed E-state index contributed by atoms with van der Waals surface area (Å²) in [6.45, 7) is 7.16. The van der Waals surface area contributed by atoms with Crippen molar-refractivity contribution in [3.05, 3.63) is 77.6 Å². The highest BCUT2D eigenvalue weighted by atomic mass is 16.2. The average molecular weight is 360 g/mol. The number of benzene rings is 2. The Morgan fingerprint density at radius 3 is 2.30 bits per heavy atom. The summed E-state index contributed by atoms with van der Waals surface area (Å²) in [7, 11) is 0. The second kappa shape index (κ2) is 7.27. The zero-order valence-corrected chi connectivity index (χ0v) is 15.8. The zero-order valence-electron chi connectivity index (χ0n) is 15.8. The monoisotopic (exact) mass is 360 g/mol. The Morgan fingerprint density at radius 2 is 1.59 bits per heavy atom. The molecule has 0 atom stereocenters. The number of anilines is 1. The first kappa shape index (κ1) is 17.3. The molecule has 27 heavy (non-hydrogen) atoms. The molecule has 0 saturated carbocycles. The molecule has 0 radical (unpaired) electrons. The van der Waals surface area contributed by atoms with Crippen molar-refractivity contribution in [2.24, 2.45) is 0 Å². The molecule has 2 heterocycles. The lowest BCUT2D eigenvalue weighted by Gasteiger charge is -2.36. The van der Waals surface area contributed by atoms with Crippen LogP contribution in [-0.2, 0) is 0 Å². The second-order valence-corrected chi connectivity index (χ2v) is 7.01. The van der Waals surface area contributed by atoms with Gasteiger partial charge in [0.25, 0.3) is 5.91 Å². The van der Waals surface area contributed by atoms with Crippen molar-refractivity contribution in [1.29, 1.82) is 0 Å². The molecule has 5 nitrogen and oxygen atoms in total. The molecule has 1 amide bonds. The van der Waals surface area contributed by atoms with E-state index in [9.17, 15) is 4.79 Å². The Morgan fingerprint density at radius 1 is 0.889 bits per heavy atom. The summed E-state index contributed by atoms with van der Waals surface area (Å²) < 4.78 is 1.85. The molecule has 4 rings (SSSR count). The van der Waals surface area contributed by atoms with Gasteiger partial charge in [-0.2, -0.15) is 5.10 Å². The topological polar surface area (TPSA) is 41.4 Å². The van der Waals surface area contributed by atoms with Crippen molar-refractivity contribution in [1.82, 2.24) is 14.7 Å². The van der Waals surface area contributed by atoms with Gasteiger partial charge in [0.2, 0.25) is 0 Å². The van der Waals surface area contributed by atoms with Crippen molar-refractivity contribution in [3.8, 4) is 5.69 Å². The Balaban J connectivity index is 1.48. The lowest BCUT2D eigenvalue weighted by Crippen LogP contribution is -2.48. The molecule has 0 unspecified atom stereocenters. The van der Waals surface area contributed by atoms with E-state index in [0.717, 1.165) is 37.6 Å². The minimum absolute atomic E-state index is 0.0686. The van der Waals surface area contributed by atoms with Crippen molar-refractivity contribution < 1.29 is 4.79 Å². The minimum Gasteiger partial charge on any atom is -0.368 e. The Bertz CT molecular complexity index is 940. The van der Waals surface area contributed by atoms with Crippen LogP contribution in [0.1, 0.15) is 21.6 Å². The number of hydrogen-bond donors (Lipinski definition) is 0. The number of para-hydroxylation sites is 1. The van der Waals surface area contributed by atoms with Gasteiger partial charge in [0, 0.05) is 31.9 Å². The fourth-order valence-electron chi connectivity index (χ4n) is 3.62. The van der Waals surface area contributed by atoms with Gasteiger partial charge < -0.3 is 9.80 Å². The maximum Gasteiger partial charge on any atom is 0.257 e.